The van der Waals surface area contributed by atoms with Crippen molar-refractivity contribution in [2.24, 2.45) is 0 Å². The number of benzene rings is 2. The fourth-order valence-corrected chi connectivity index (χ4v) is 3.16. The van der Waals surface area contributed by atoms with Crippen LogP contribution < -0.4 is 0 Å². The smallest absolute Gasteiger partial charge is 0.128 e. The van der Waals surface area contributed by atoms with Crippen LogP contribution in [0.15, 0.2) is 42.5 Å². The van der Waals surface area contributed by atoms with Crippen LogP contribution in [0.1, 0.15) is 29.2 Å². The zero-order chi connectivity index (χ0) is 15.7. The van der Waals surface area contributed by atoms with Gasteiger partial charge in [-0.1, -0.05) is 66.6 Å². The van der Waals surface area contributed by atoms with Crippen LogP contribution in [0.3, 0.4) is 0 Å². The third kappa shape index (κ3) is 2.38. The van der Waals surface area contributed by atoms with Crippen LogP contribution in [0.4, 0.5) is 0 Å². The lowest BCUT2D eigenvalue weighted by Crippen LogP contribution is -2.01. The van der Waals surface area contributed by atoms with Gasteiger partial charge < -0.3 is 4.57 Å². The van der Waals surface area contributed by atoms with Gasteiger partial charge in [0.15, 0.2) is 0 Å². The molecule has 0 fully saturated rings. The number of nitrogens with zero attached hydrogens (tertiary/aromatic N) is 2. The summed E-state index contributed by atoms with van der Waals surface area (Å²) in [5, 5.41) is 10.9. The summed E-state index contributed by atoms with van der Waals surface area (Å²) in [4.78, 5) is 0. The highest BCUT2D eigenvalue weighted by Crippen LogP contribution is 2.32. The van der Waals surface area contributed by atoms with Crippen LogP contribution in [0, 0.1) is 18.3 Å². The molecule has 3 aromatic rings. The van der Waals surface area contributed by atoms with E-state index in [2.05, 4.69) is 54.8 Å². The van der Waals surface area contributed by atoms with Crippen LogP contribution in [-0.4, -0.2) is 4.57 Å². The normalized spacial score (nSPS) is 10.8. The first-order valence-electron chi connectivity index (χ1n) is 7.41. The predicted octanol–water partition coefficient (Wildman–Crippen LogP) is 5.09. The first-order valence-corrected chi connectivity index (χ1v) is 7.78. The van der Waals surface area contributed by atoms with Crippen LogP contribution >= 0.6 is 11.6 Å². The lowest BCUT2D eigenvalue weighted by molar-refractivity contribution is 0.831. The molecule has 0 unspecified atom stereocenters. The van der Waals surface area contributed by atoms with Gasteiger partial charge in [0.05, 0.1) is 11.1 Å². The molecule has 0 aliphatic carbocycles. The minimum absolute atomic E-state index is 0.527. The number of para-hydroxylation sites is 1. The van der Waals surface area contributed by atoms with E-state index < -0.39 is 0 Å². The van der Waals surface area contributed by atoms with Crippen molar-refractivity contribution in [1.82, 2.24) is 4.57 Å². The minimum Gasteiger partial charge on any atom is -0.326 e. The molecule has 0 saturated heterocycles. The molecule has 0 aliphatic rings. The summed E-state index contributed by atoms with van der Waals surface area (Å²) in [7, 11) is 0. The number of fused-ring (bicyclic) bond motifs is 1. The number of nitriles is 1. The molecule has 1 aromatic heterocycles. The third-order valence-corrected chi connectivity index (χ3v) is 4.45. The second kappa shape index (κ2) is 5.87. The number of hydrogen-bond donors (Lipinski definition) is 0. The van der Waals surface area contributed by atoms with E-state index in [0.29, 0.717) is 17.3 Å². The molecule has 0 radical (unpaired) electrons. The maximum Gasteiger partial charge on any atom is 0.128 e. The van der Waals surface area contributed by atoms with Crippen molar-refractivity contribution in [2.75, 3.05) is 0 Å². The topological polar surface area (TPSA) is 28.7 Å². The Morgan fingerprint density at radius 2 is 1.86 bits per heavy atom. The molecule has 0 N–H and O–H groups in total. The van der Waals surface area contributed by atoms with E-state index in [0.717, 1.165) is 17.3 Å². The highest BCUT2D eigenvalue weighted by atomic mass is 35.5. The van der Waals surface area contributed by atoms with Crippen LogP contribution in [-0.2, 0) is 13.0 Å². The summed E-state index contributed by atoms with van der Waals surface area (Å²) >= 11 is 6.50. The summed E-state index contributed by atoms with van der Waals surface area (Å²) in [5.41, 5.74) is 5.28. The van der Waals surface area contributed by atoms with Crippen molar-refractivity contribution in [3.8, 4) is 6.07 Å². The molecule has 0 spiro atoms. The fraction of sp³-hybridized carbons (Fsp3) is 0.211. The summed E-state index contributed by atoms with van der Waals surface area (Å²) in [6, 6.07) is 16.7. The van der Waals surface area contributed by atoms with Gasteiger partial charge in [-0.15, -0.1) is 0 Å². The zero-order valence-electron chi connectivity index (χ0n) is 12.7. The average Bonchev–Trinajstić information content (AvgIpc) is 2.81. The molecule has 110 valence electrons. The van der Waals surface area contributed by atoms with E-state index in [4.69, 9.17) is 11.6 Å². The predicted molar refractivity (Wildman–Crippen MR) is 91.3 cm³/mol. The third-order valence-electron chi connectivity index (χ3n) is 4.06. The lowest BCUT2D eigenvalue weighted by Gasteiger charge is -2.10. The van der Waals surface area contributed by atoms with Gasteiger partial charge in [0.1, 0.15) is 11.2 Å². The summed E-state index contributed by atoms with van der Waals surface area (Å²) in [6.45, 7) is 4.87. The van der Waals surface area contributed by atoms with Gasteiger partial charge in [0.25, 0.3) is 0 Å². The first kappa shape index (κ1) is 14.7. The average molecular weight is 309 g/mol. The standard InChI is InChI=1S/C19H17ClN2/c1-3-15-5-4-6-16-17(11-21)19(20)22(18(15)16)12-14-9-7-13(2)8-10-14/h4-10H,3,12H2,1-2H3. The van der Waals surface area contributed by atoms with Gasteiger partial charge in [0, 0.05) is 11.9 Å². The molecular formula is C19H17ClN2. The van der Waals surface area contributed by atoms with E-state index in [1.54, 1.807) is 0 Å². The molecule has 3 rings (SSSR count). The summed E-state index contributed by atoms with van der Waals surface area (Å²) in [6.07, 6.45) is 0.913. The summed E-state index contributed by atoms with van der Waals surface area (Å²) in [5.74, 6) is 0. The quantitative estimate of drug-likeness (QED) is 0.663. The van der Waals surface area contributed by atoms with Gasteiger partial charge in [0.2, 0.25) is 0 Å². The van der Waals surface area contributed by atoms with Gasteiger partial charge >= 0.3 is 0 Å². The molecule has 3 heteroatoms. The van der Waals surface area contributed by atoms with Crippen LogP contribution in [0.2, 0.25) is 5.15 Å². The van der Waals surface area contributed by atoms with Crippen molar-refractivity contribution in [3.63, 3.8) is 0 Å². The monoisotopic (exact) mass is 308 g/mol. The molecule has 22 heavy (non-hydrogen) atoms. The Morgan fingerprint density at radius 1 is 1.14 bits per heavy atom. The molecule has 0 amide bonds. The van der Waals surface area contributed by atoms with E-state index in [9.17, 15) is 5.26 Å². The SMILES string of the molecule is CCc1cccc2c(C#N)c(Cl)n(Cc3ccc(C)cc3)c12. The Kier molecular flexibility index (Phi) is 3.92. The highest BCUT2D eigenvalue weighted by molar-refractivity contribution is 6.32. The minimum atomic E-state index is 0.527. The molecule has 0 bridgehead atoms. The molecule has 1 heterocycles. The molecule has 0 saturated carbocycles. The Morgan fingerprint density at radius 3 is 2.50 bits per heavy atom. The zero-order valence-corrected chi connectivity index (χ0v) is 13.5. The number of halogens is 1. The number of aromatic nitrogens is 1. The molecule has 0 atom stereocenters. The van der Waals surface area contributed by atoms with Gasteiger partial charge in [-0.25, -0.2) is 0 Å². The Hall–Kier alpha value is -2.24. The van der Waals surface area contributed by atoms with Gasteiger partial charge in [-0.05, 0) is 24.5 Å². The number of hydrogen-bond acceptors (Lipinski definition) is 1. The van der Waals surface area contributed by atoms with Crippen molar-refractivity contribution in [1.29, 1.82) is 5.26 Å². The highest BCUT2D eigenvalue weighted by Gasteiger charge is 2.17. The summed E-state index contributed by atoms with van der Waals surface area (Å²) < 4.78 is 2.05. The molecular weight excluding hydrogens is 292 g/mol. The lowest BCUT2D eigenvalue weighted by atomic mass is 10.1. The van der Waals surface area contributed by atoms with Crippen molar-refractivity contribution in [2.45, 2.75) is 26.8 Å². The Bertz CT molecular complexity index is 867. The largest absolute Gasteiger partial charge is 0.326 e. The van der Waals surface area contributed by atoms with Crippen molar-refractivity contribution < 1.29 is 0 Å². The van der Waals surface area contributed by atoms with E-state index in [1.807, 2.05) is 12.1 Å². The van der Waals surface area contributed by atoms with Crippen LogP contribution in [0.25, 0.3) is 10.9 Å². The molecule has 2 aromatic carbocycles. The van der Waals surface area contributed by atoms with E-state index >= 15 is 0 Å². The van der Waals surface area contributed by atoms with Crippen molar-refractivity contribution in [3.05, 3.63) is 69.9 Å². The fourth-order valence-electron chi connectivity index (χ4n) is 2.87. The van der Waals surface area contributed by atoms with Gasteiger partial charge in [-0.3, -0.25) is 0 Å². The first-order chi connectivity index (χ1) is 10.7. The maximum absolute atomic E-state index is 9.45. The number of aryl methyl sites for hydroxylation is 2. The van der Waals surface area contributed by atoms with Gasteiger partial charge in [-0.2, -0.15) is 5.26 Å². The van der Waals surface area contributed by atoms with E-state index in [1.165, 1.54) is 16.7 Å². The Labute approximate surface area is 135 Å². The number of rotatable bonds is 3. The van der Waals surface area contributed by atoms with E-state index in [-0.39, 0.29) is 0 Å². The molecule has 0 aliphatic heterocycles. The van der Waals surface area contributed by atoms with Crippen LogP contribution in [0.5, 0.6) is 0 Å². The second-order valence-corrected chi connectivity index (χ2v) is 5.87. The molecule has 2 nitrogen and oxygen atoms in total. The maximum atomic E-state index is 9.45. The second-order valence-electron chi connectivity index (χ2n) is 5.52. The Balaban J connectivity index is 2.22. The van der Waals surface area contributed by atoms with Crippen molar-refractivity contribution >= 4 is 22.5 Å².